The first kappa shape index (κ1) is 39.2. The van der Waals surface area contributed by atoms with Crippen LogP contribution in [0.3, 0.4) is 0 Å². The number of H-pyrrole nitrogens is 1. The van der Waals surface area contributed by atoms with Gasteiger partial charge in [0.25, 0.3) is 11.8 Å². The highest BCUT2D eigenvalue weighted by Crippen LogP contribution is 2.24. The van der Waals surface area contributed by atoms with Crippen molar-refractivity contribution < 1.29 is 54.7 Å². The van der Waals surface area contributed by atoms with Crippen LogP contribution in [0.5, 0.6) is 0 Å². The van der Waals surface area contributed by atoms with Crippen LogP contribution in [0.1, 0.15) is 33.7 Å². The highest BCUT2D eigenvalue weighted by atomic mass is 32.2. The highest BCUT2D eigenvalue weighted by Gasteiger charge is 2.38. The lowest BCUT2D eigenvalue weighted by atomic mass is 10.1. The van der Waals surface area contributed by atoms with Crippen LogP contribution in [0.4, 0.5) is 33.3 Å². The van der Waals surface area contributed by atoms with Crippen LogP contribution in [0.15, 0.2) is 65.7 Å². The molecule has 1 aliphatic rings. The smallest absolute Gasteiger partial charge is 0.475 e. The highest BCUT2D eigenvalue weighted by molar-refractivity contribution is 7.89. The predicted octanol–water partition coefficient (Wildman–Crippen LogP) is 3.21. The van der Waals surface area contributed by atoms with Gasteiger partial charge >= 0.3 is 12.1 Å². The Morgan fingerprint density at radius 2 is 1.62 bits per heavy atom. The summed E-state index contributed by atoms with van der Waals surface area (Å²) in [5.74, 6) is -6.98. The number of amides is 3. The summed E-state index contributed by atoms with van der Waals surface area (Å²) in [6.45, 7) is 0.821. The molecular formula is C30H32F5N7O7S. The van der Waals surface area contributed by atoms with Crippen LogP contribution in [0, 0.1) is 11.6 Å². The molecule has 20 heteroatoms. The second-order valence-corrected chi connectivity index (χ2v) is 12.8. The molecule has 1 saturated heterocycles. The quantitative estimate of drug-likeness (QED) is 0.154. The van der Waals surface area contributed by atoms with Crippen molar-refractivity contribution in [2.75, 3.05) is 44.4 Å². The Balaban J connectivity index is 0.000000872. The Morgan fingerprint density at radius 3 is 2.20 bits per heavy atom. The minimum absolute atomic E-state index is 0.0224. The predicted molar refractivity (Wildman–Crippen MR) is 169 cm³/mol. The minimum atomic E-state index is -5.08. The van der Waals surface area contributed by atoms with Crippen molar-refractivity contribution in [3.8, 4) is 0 Å². The summed E-state index contributed by atoms with van der Waals surface area (Å²) in [5, 5.41) is 21.1. The third-order valence-electron chi connectivity index (χ3n) is 6.82. The molecule has 0 atom stereocenters. The molecule has 3 aromatic rings. The van der Waals surface area contributed by atoms with E-state index in [4.69, 9.17) is 9.90 Å². The van der Waals surface area contributed by atoms with E-state index in [1.165, 1.54) is 22.5 Å². The monoisotopic (exact) mass is 729 g/mol. The number of aliphatic carboxylic acids is 1. The molecule has 1 fully saturated rings. The molecule has 5 N–H and O–H groups in total. The zero-order valence-corrected chi connectivity index (χ0v) is 27.2. The maximum absolute atomic E-state index is 14.0. The number of rotatable bonds is 10. The Labute approximate surface area is 282 Å². The van der Waals surface area contributed by atoms with Gasteiger partial charge in [-0.25, -0.2) is 22.0 Å². The molecule has 2 heterocycles. The van der Waals surface area contributed by atoms with E-state index in [1.807, 2.05) is 19.0 Å². The van der Waals surface area contributed by atoms with Gasteiger partial charge in [0.15, 0.2) is 0 Å². The van der Waals surface area contributed by atoms with Gasteiger partial charge in [0.05, 0.1) is 16.8 Å². The molecule has 14 nitrogen and oxygen atoms in total. The average molecular weight is 730 g/mol. The van der Waals surface area contributed by atoms with Gasteiger partial charge in [-0.05, 0) is 57.3 Å². The van der Waals surface area contributed by atoms with Gasteiger partial charge in [-0.3, -0.25) is 19.5 Å². The number of sulfonamides is 1. The van der Waals surface area contributed by atoms with Crippen LogP contribution in [-0.2, 0) is 19.6 Å². The fourth-order valence-corrected chi connectivity index (χ4v) is 5.91. The molecule has 0 bridgehead atoms. The van der Waals surface area contributed by atoms with E-state index in [0.717, 1.165) is 24.4 Å². The Hall–Kier alpha value is -5.21. The molecular weight excluding hydrogens is 697 g/mol. The number of carboxylic acid groups (broad SMARTS) is 1. The molecule has 0 unspecified atom stereocenters. The number of benzene rings is 2. The maximum Gasteiger partial charge on any atom is 0.490 e. The standard InChI is InChI=1S/C28H31F2N7O5S.C2HF3O2/c1-36(2)13-5-10-24(38)32-19-6-3-7-20(16-19)43(41,42)37-14-11-18(12-15-37)33-28(40)26-23(17-31-35-26)34-27(39)25-21(29)8-4-9-22(25)30;3-2(4,5)1(6)7/h3-10,16-18H,11-15H2,1-2H3,(H,31,35)(H,32,38)(H,33,40)(H,34,39);(H,6,7)/b10-5+;. The van der Waals surface area contributed by atoms with Crippen molar-refractivity contribution >= 4 is 45.1 Å². The van der Waals surface area contributed by atoms with E-state index >= 15 is 0 Å². The lowest BCUT2D eigenvalue weighted by Gasteiger charge is -2.31. The zero-order valence-electron chi connectivity index (χ0n) is 26.4. The molecule has 0 aliphatic carbocycles. The Kier molecular flexibility index (Phi) is 13.3. The number of nitrogens with one attached hydrogen (secondary N) is 4. The van der Waals surface area contributed by atoms with Gasteiger partial charge in [-0.15, -0.1) is 0 Å². The summed E-state index contributed by atoms with van der Waals surface area (Å²) in [5.41, 5.74) is -0.669. The lowest BCUT2D eigenvalue weighted by Crippen LogP contribution is -2.46. The summed E-state index contributed by atoms with van der Waals surface area (Å²) < 4.78 is 87.6. The van der Waals surface area contributed by atoms with E-state index in [2.05, 4.69) is 26.1 Å². The normalized spacial score (nSPS) is 14.2. The summed E-state index contributed by atoms with van der Waals surface area (Å²) in [7, 11) is -0.144. The average Bonchev–Trinajstić information content (AvgIpc) is 3.49. The van der Waals surface area contributed by atoms with Crippen molar-refractivity contribution in [2.24, 2.45) is 0 Å². The number of nitrogens with zero attached hydrogens (tertiary/aromatic N) is 3. The van der Waals surface area contributed by atoms with Gasteiger partial charge in [-0.2, -0.15) is 22.6 Å². The number of carboxylic acids is 1. The van der Waals surface area contributed by atoms with Crippen molar-refractivity contribution in [3.63, 3.8) is 0 Å². The van der Waals surface area contributed by atoms with Crippen LogP contribution in [0.2, 0.25) is 0 Å². The largest absolute Gasteiger partial charge is 0.490 e. The number of anilines is 2. The van der Waals surface area contributed by atoms with Gasteiger partial charge in [-0.1, -0.05) is 18.2 Å². The number of hydrogen-bond donors (Lipinski definition) is 5. The van der Waals surface area contributed by atoms with Crippen molar-refractivity contribution in [3.05, 3.63) is 83.7 Å². The van der Waals surface area contributed by atoms with Crippen LogP contribution in [-0.4, -0.2) is 103 Å². The number of carbonyl (C=O) groups excluding carboxylic acids is 3. The molecule has 3 amide bonds. The number of likely N-dealkylation sites (N-methyl/N-ethyl adjacent to an activating group) is 1. The van der Waals surface area contributed by atoms with E-state index in [-0.39, 0.29) is 35.3 Å². The fourth-order valence-electron chi connectivity index (χ4n) is 4.39. The number of hydrogen-bond acceptors (Lipinski definition) is 8. The Bertz CT molecular complexity index is 1820. The van der Waals surface area contributed by atoms with E-state index in [0.29, 0.717) is 25.1 Å². The lowest BCUT2D eigenvalue weighted by molar-refractivity contribution is -0.192. The van der Waals surface area contributed by atoms with E-state index in [9.17, 15) is 44.8 Å². The SMILES string of the molecule is CN(C)C/C=C/C(=O)Nc1cccc(S(=O)(=O)N2CCC(NC(=O)c3[nH]ncc3NC(=O)c3c(F)cccc3F)CC2)c1.O=C(O)C(F)(F)F. The van der Waals surface area contributed by atoms with Crippen molar-refractivity contribution in [1.82, 2.24) is 24.7 Å². The van der Waals surface area contributed by atoms with Gasteiger partial charge < -0.3 is 26.0 Å². The van der Waals surface area contributed by atoms with Crippen LogP contribution in [0.25, 0.3) is 0 Å². The van der Waals surface area contributed by atoms with Crippen molar-refractivity contribution in [1.29, 1.82) is 0 Å². The fraction of sp³-hybridized carbons (Fsp3) is 0.300. The third kappa shape index (κ3) is 10.9. The second kappa shape index (κ2) is 16.9. The van der Waals surface area contributed by atoms with Crippen molar-refractivity contribution in [2.45, 2.75) is 30.0 Å². The van der Waals surface area contributed by atoms with E-state index in [1.54, 1.807) is 18.2 Å². The summed E-state index contributed by atoms with van der Waals surface area (Å²) in [6.07, 6.45) is -0.279. The van der Waals surface area contributed by atoms with Crippen LogP contribution >= 0.6 is 0 Å². The van der Waals surface area contributed by atoms with Gasteiger partial charge in [0, 0.05) is 37.4 Å². The third-order valence-corrected chi connectivity index (χ3v) is 8.71. The number of alkyl halides is 3. The molecule has 0 saturated carbocycles. The molecule has 1 aromatic heterocycles. The Morgan fingerprint density at radius 1 is 1.02 bits per heavy atom. The molecule has 2 aromatic carbocycles. The first-order chi connectivity index (χ1) is 23.4. The summed E-state index contributed by atoms with van der Waals surface area (Å²) in [4.78, 5) is 48.3. The summed E-state index contributed by atoms with van der Waals surface area (Å²) >= 11 is 0. The topological polar surface area (TPSA) is 194 Å². The molecule has 270 valence electrons. The number of aromatic nitrogens is 2. The van der Waals surface area contributed by atoms with E-state index < -0.39 is 57.2 Å². The van der Waals surface area contributed by atoms with Gasteiger partial charge in [0.2, 0.25) is 15.9 Å². The minimum Gasteiger partial charge on any atom is -0.475 e. The summed E-state index contributed by atoms with van der Waals surface area (Å²) in [6, 6.07) is 8.58. The number of aromatic amines is 1. The van der Waals surface area contributed by atoms with Crippen LogP contribution < -0.4 is 16.0 Å². The number of piperidine rings is 1. The molecule has 1 aliphatic heterocycles. The first-order valence-corrected chi connectivity index (χ1v) is 16.0. The second-order valence-electron chi connectivity index (χ2n) is 10.8. The molecule has 0 spiro atoms. The maximum atomic E-state index is 14.0. The number of carbonyl (C=O) groups is 4. The van der Waals surface area contributed by atoms with Gasteiger partial charge in [0.1, 0.15) is 22.9 Å². The molecule has 0 radical (unpaired) electrons. The first-order valence-electron chi connectivity index (χ1n) is 14.5. The zero-order chi connectivity index (χ0) is 37.2. The molecule has 50 heavy (non-hydrogen) atoms. The number of halogens is 5. The molecule has 4 rings (SSSR count).